The Hall–Kier alpha value is -2.87. The summed E-state index contributed by atoms with van der Waals surface area (Å²) in [5.74, 6) is 0.0659. The van der Waals surface area contributed by atoms with Crippen LogP contribution in [0.4, 0.5) is 5.82 Å². The lowest BCUT2D eigenvalue weighted by molar-refractivity contribution is 0.0689. The molecule has 4 N–H and O–H groups in total. The molecule has 1 aliphatic carbocycles. The first-order valence-corrected chi connectivity index (χ1v) is 13.9. The smallest absolute Gasteiger partial charge is 0.333 e. The molecule has 0 amide bonds. The fourth-order valence-corrected chi connectivity index (χ4v) is 5.60. The number of nitrogens with one attached hydrogen (secondary N) is 1. The molecular formula is C25H27ClN4O7S. The number of aliphatic hydroxyl groups excluding tert-OH is 1. The molecule has 3 aromatic rings. The van der Waals surface area contributed by atoms with E-state index in [-0.39, 0.29) is 29.8 Å². The molecule has 0 bridgehead atoms. The van der Waals surface area contributed by atoms with Crippen LogP contribution in [0.15, 0.2) is 41.2 Å². The summed E-state index contributed by atoms with van der Waals surface area (Å²) < 4.78 is 38.8. The number of carbonyl (C=O) groups is 1. The van der Waals surface area contributed by atoms with Gasteiger partial charge < -0.3 is 19.6 Å². The molecule has 3 heterocycles. The minimum absolute atomic E-state index is 0.110. The van der Waals surface area contributed by atoms with Crippen molar-refractivity contribution in [1.29, 1.82) is 0 Å². The Morgan fingerprint density at radius 1 is 1.29 bits per heavy atom. The lowest BCUT2D eigenvalue weighted by Gasteiger charge is -2.26. The zero-order valence-electron chi connectivity index (χ0n) is 20.5. The van der Waals surface area contributed by atoms with Gasteiger partial charge in [0.25, 0.3) is 0 Å². The summed E-state index contributed by atoms with van der Waals surface area (Å²) in [6.45, 7) is 2.07. The van der Waals surface area contributed by atoms with Gasteiger partial charge in [-0.25, -0.2) is 15.1 Å². The molecule has 1 unspecified atom stereocenters. The number of ketones is 1. The maximum atomic E-state index is 13.5. The van der Waals surface area contributed by atoms with Crippen LogP contribution in [0.1, 0.15) is 57.5 Å². The van der Waals surface area contributed by atoms with Crippen LogP contribution in [-0.4, -0.2) is 54.6 Å². The summed E-state index contributed by atoms with van der Waals surface area (Å²) in [5.41, 5.74) is 3.01. The SMILES string of the molecule is Cc1oc(C(=O)c2cncnc2N[C@@H]2C[C@H](COS(N)(=O)=O)[C@@H](O)C2)cc1C1OCCc2ccc(Cl)cc21. The van der Waals surface area contributed by atoms with Crippen molar-refractivity contribution in [3.05, 3.63) is 75.6 Å². The molecule has 38 heavy (non-hydrogen) atoms. The molecule has 11 nitrogen and oxygen atoms in total. The second kappa shape index (κ2) is 10.7. The maximum absolute atomic E-state index is 13.5. The van der Waals surface area contributed by atoms with E-state index >= 15 is 0 Å². The lowest BCUT2D eigenvalue weighted by Crippen LogP contribution is -2.24. The molecule has 1 saturated carbocycles. The van der Waals surface area contributed by atoms with Gasteiger partial charge >= 0.3 is 10.3 Å². The first kappa shape index (κ1) is 26.7. The van der Waals surface area contributed by atoms with Crippen LogP contribution in [0.5, 0.6) is 0 Å². The zero-order chi connectivity index (χ0) is 27.0. The summed E-state index contributed by atoms with van der Waals surface area (Å²) >= 11 is 6.24. The number of nitrogens with zero attached hydrogens (tertiary/aromatic N) is 2. The van der Waals surface area contributed by atoms with Crippen LogP contribution >= 0.6 is 11.6 Å². The van der Waals surface area contributed by atoms with E-state index in [1.54, 1.807) is 13.0 Å². The van der Waals surface area contributed by atoms with Crippen LogP contribution in [0, 0.1) is 12.8 Å². The predicted octanol–water partition coefficient (Wildman–Crippen LogP) is 2.70. The second-order valence-corrected chi connectivity index (χ2v) is 11.2. The zero-order valence-corrected chi connectivity index (χ0v) is 22.0. The number of aliphatic hydroxyl groups is 1. The van der Waals surface area contributed by atoms with Crippen molar-refractivity contribution in [3.8, 4) is 0 Å². The average molecular weight is 563 g/mol. The van der Waals surface area contributed by atoms with Gasteiger partial charge in [-0.3, -0.25) is 8.98 Å². The maximum Gasteiger partial charge on any atom is 0.333 e. The summed E-state index contributed by atoms with van der Waals surface area (Å²) in [6, 6.07) is 7.10. The number of anilines is 1. The Bertz CT molecular complexity index is 1460. The number of fused-ring (bicyclic) bond motifs is 1. The van der Waals surface area contributed by atoms with Gasteiger partial charge in [-0.05, 0) is 55.5 Å². The largest absolute Gasteiger partial charge is 0.457 e. The Kier molecular flexibility index (Phi) is 7.54. The van der Waals surface area contributed by atoms with Crippen molar-refractivity contribution in [2.45, 2.75) is 44.4 Å². The van der Waals surface area contributed by atoms with Gasteiger partial charge in [-0.15, -0.1) is 0 Å². The summed E-state index contributed by atoms with van der Waals surface area (Å²) in [6.07, 6.45) is 2.95. The van der Waals surface area contributed by atoms with Crippen LogP contribution in [0.2, 0.25) is 5.02 Å². The van der Waals surface area contributed by atoms with Gasteiger partial charge in [-0.2, -0.15) is 8.42 Å². The van der Waals surface area contributed by atoms with Crippen molar-refractivity contribution in [3.63, 3.8) is 0 Å². The summed E-state index contributed by atoms with van der Waals surface area (Å²) in [4.78, 5) is 21.7. The van der Waals surface area contributed by atoms with Gasteiger partial charge in [0.05, 0.1) is 24.9 Å². The molecule has 0 saturated heterocycles. The van der Waals surface area contributed by atoms with E-state index in [1.165, 1.54) is 12.5 Å². The average Bonchev–Trinajstić information content (AvgIpc) is 3.43. The highest BCUT2D eigenvalue weighted by molar-refractivity contribution is 7.84. The molecule has 5 rings (SSSR count). The van der Waals surface area contributed by atoms with Crippen LogP contribution in [0.3, 0.4) is 0 Å². The molecule has 1 aromatic carbocycles. The third-order valence-electron chi connectivity index (χ3n) is 6.91. The number of hydrogen-bond acceptors (Lipinski definition) is 10. The number of nitrogens with two attached hydrogens (primary N) is 1. The van der Waals surface area contributed by atoms with Gasteiger partial charge in [0, 0.05) is 28.7 Å². The Labute approximate surface area is 224 Å². The molecule has 4 atom stereocenters. The number of aryl methyl sites for hydroxylation is 1. The molecule has 1 fully saturated rings. The van der Waals surface area contributed by atoms with E-state index in [2.05, 4.69) is 19.5 Å². The number of benzene rings is 1. The third kappa shape index (κ3) is 5.75. The van der Waals surface area contributed by atoms with E-state index in [0.29, 0.717) is 30.2 Å². The quantitative estimate of drug-likeness (QED) is 0.347. The first-order chi connectivity index (χ1) is 18.1. The Morgan fingerprint density at radius 3 is 2.89 bits per heavy atom. The van der Waals surface area contributed by atoms with Crippen LogP contribution in [0.25, 0.3) is 0 Å². The lowest BCUT2D eigenvalue weighted by atomic mass is 9.93. The Balaban J connectivity index is 1.35. The number of carbonyl (C=O) groups excluding carboxylic acids is 1. The number of rotatable bonds is 8. The minimum Gasteiger partial charge on any atom is -0.457 e. The molecule has 0 radical (unpaired) electrons. The fraction of sp³-hybridized carbons (Fsp3) is 0.400. The van der Waals surface area contributed by atoms with Crippen molar-refractivity contribution in [1.82, 2.24) is 9.97 Å². The van der Waals surface area contributed by atoms with E-state index in [4.69, 9.17) is 25.9 Å². The number of halogens is 1. The van der Waals surface area contributed by atoms with Crippen molar-refractivity contribution in [2.75, 3.05) is 18.5 Å². The number of aromatic nitrogens is 2. The summed E-state index contributed by atoms with van der Waals surface area (Å²) in [7, 11) is -4.11. The first-order valence-electron chi connectivity index (χ1n) is 12.1. The molecular weight excluding hydrogens is 536 g/mol. The van der Waals surface area contributed by atoms with Crippen molar-refractivity contribution >= 4 is 33.5 Å². The fourth-order valence-electron chi connectivity index (χ4n) is 5.06. The molecule has 202 valence electrons. The van der Waals surface area contributed by atoms with Gasteiger partial charge in [-0.1, -0.05) is 17.7 Å². The van der Waals surface area contributed by atoms with Crippen LogP contribution < -0.4 is 10.5 Å². The monoisotopic (exact) mass is 562 g/mol. The highest BCUT2D eigenvalue weighted by Gasteiger charge is 2.35. The molecule has 2 aliphatic rings. The molecule has 13 heteroatoms. The highest BCUT2D eigenvalue weighted by Crippen LogP contribution is 2.37. The van der Waals surface area contributed by atoms with Gasteiger partial charge in [0.15, 0.2) is 5.76 Å². The molecule has 1 aliphatic heterocycles. The second-order valence-electron chi connectivity index (χ2n) is 9.50. The predicted molar refractivity (Wildman–Crippen MR) is 137 cm³/mol. The van der Waals surface area contributed by atoms with Crippen LogP contribution in [-0.2, 0) is 25.6 Å². The normalized spacial score (nSPS) is 23.3. The molecule has 0 spiro atoms. The van der Waals surface area contributed by atoms with E-state index in [0.717, 1.165) is 23.1 Å². The third-order valence-corrected chi connectivity index (χ3v) is 7.61. The van der Waals surface area contributed by atoms with Gasteiger partial charge in [0.2, 0.25) is 5.78 Å². The number of hydrogen-bond donors (Lipinski definition) is 3. The van der Waals surface area contributed by atoms with E-state index < -0.39 is 34.2 Å². The standard InChI is InChI=1S/C25H27ClN4O7S/c1-13-18(24-19-7-16(26)3-2-14(19)4-5-35-24)9-22(37-13)23(32)20-10-28-12-29-25(20)30-17-6-15(21(31)8-17)11-36-38(27,33)34/h2-3,7,9-10,12,15,17,21,24,31H,4-6,8,11H2,1H3,(H2,27,33,34)(H,28,29,30)/t15-,17-,21+,24?/m1/s1. The highest BCUT2D eigenvalue weighted by atomic mass is 35.5. The number of ether oxygens (including phenoxy) is 1. The number of furan rings is 1. The molecule has 2 aromatic heterocycles. The van der Waals surface area contributed by atoms with Gasteiger partial charge in [0.1, 0.15) is 24.0 Å². The summed E-state index contributed by atoms with van der Waals surface area (Å²) in [5, 5.41) is 19.0. The van der Waals surface area contributed by atoms with Crippen molar-refractivity contribution < 1.29 is 31.7 Å². The van der Waals surface area contributed by atoms with E-state index in [9.17, 15) is 18.3 Å². The van der Waals surface area contributed by atoms with E-state index in [1.807, 2.05) is 18.2 Å². The Morgan fingerprint density at radius 2 is 2.11 bits per heavy atom. The topological polar surface area (TPSA) is 167 Å². The minimum atomic E-state index is -4.11. The van der Waals surface area contributed by atoms with Crippen molar-refractivity contribution in [2.24, 2.45) is 11.1 Å².